The topological polar surface area (TPSA) is 55.6 Å². The molecule has 0 aromatic carbocycles. The summed E-state index contributed by atoms with van der Waals surface area (Å²) in [6, 6.07) is 0.708. The molecule has 1 aromatic rings. The van der Waals surface area contributed by atoms with Crippen LogP contribution < -0.4 is 5.32 Å². The van der Waals surface area contributed by atoms with Gasteiger partial charge in [0.2, 0.25) is 0 Å². The zero-order valence-electron chi connectivity index (χ0n) is 8.77. The second kappa shape index (κ2) is 4.04. The van der Waals surface area contributed by atoms with Crippen molar-refractivity contribution in [2.45, 2.75) is 45.8 Å². The Morgan fingerprint density at radius 1 is 1.50 bits per heavy atom. The molecular formula is C9H17N5. The Labute approximate surface area is 83.9 Å². The maximum Gasteiger partial charge on any atom is 0.165 e. The van der Waals surface area contributed by atoms with E-state index >= 15 is 0 Å². The lowest BCUT2D eigenvalue weighted by Gasteiger charge is -2.07. The molecule has 14 heavy (non-hydrogen) atoms. The molecule has 5 heteroatoms. The zero-order chi connectivity index (χ0) is 9.97. The normalized spacial score (nSPS) is 16.5. The van der Waals surface area contributed by atoms with Crippen molar-refractivity contribution < 1.29 is 0 Å². The Kier molecular flexibility index (Phi) is 2.77. The number of nitrogens with one attached hydrogen (secondary N) is 1. The van der Waals surface area contributed by atoms with Crippen LogP contribution in [-0.4, -0.2) is 26.2 Å². The van der Waals surface area contributed by atoms with Gasteiger partial charge in [0.05, 0.1) is 6.54 Å². The summed E-state index contributed by atoms with van der Waals surface area (Å²) in [4.78, 5) is 0. The van der Waals surface area contributed by atoms with Gasteiger partial charge in [0.1, 0.15) is 0 Å². The van der Waals surface area contributed by atoms with Crippen LogP contribution in [0.1, 0.15) is 32.5 Å². The monoisotopic (exact) mass is 195 g/mol. The van der Waals surface area contributed by atoms with Gasteiger partial charge in [-0.15, -0.1) is 5.10 Å². The third-order valence-electron chi connectivity index (χ3n) is 2.27. The molecule has 1 fully saturated rings. The van der Waals surface area contributed by atoms with Crippen LogP contribution in [0.3, 0.4) is 0 Å². The molecule has 1 heterocycles. The van der Waals surface area contributed by atoms with E-state index in [2.05, 4.69) is 34.7 Å². The van der Waals surface area contributed by atoms with Gasteiger partial charge in [-0.1, -0.05) is 13.8 Å². The summed E-state index contributed by atoms with van der Waals surface area (Å²) in [5.41, 5.74) is 0. The van der Waals surface area contributed by atoms with E-state index in [1.54, 1.807) is 0 Å². The van der Waals surface area contributed by atoms with E-state index in [-0.39, 0.29) is 0 Å². The molecule has 0 radical (unpaired) electrons. The van der Waals surface area contributed by atoms with Crippen molar-refractivity contribution in [1.29, 1.82) is 0 Å². The first kappa shape index (κ1) is 9.58. The Morgan fingerprint density at radius 3 is 2.93 bits per heavy atom. The van der Waals surface area contributed by atoms with Gasteiger partial charge in [-0.3, -0.25) is 0 Å². The van der Waals surface area contributed by atoms with Gasteiger partial charge in [-0.2, -0.15) is 0 Å². The fourth-order valence-electron chi connectivity index (χ4n) is 1.36. The fraction of sp³-hybridized carbons (Fsp3) is 0.889. The fourth-order valence-corrected chi connectivity index (χ4v) is 1.36. The molecular weight excluding hydrogens is 178 g/mol. The number of rotatable bonds is 5. The van der Waals surface area contributed by atoms with E-state index in [0.717, 1.165) is 18.9 Å². The standard InChI is InChI=1S/C9H17N5/c1-7(2)6-14-9(11-12-13-14)5-10-8-3-4-8/h7-8,10H,3-6H2,1-2H3. The molecule has 1 aliphatic carbocycles. The van der Waals surface area contributed by atoms with Crippen LogP contribution in [0.15, 0.2) is 0 Å². The maximum absolute atomic E-state index is 4.01. The minimum atomic E-state index is 0.582. The SMILES string of the molecule is CC(C)Cn1nnnc1CNC1CC1. The van der Waals surface area contributed by atoms with Crippen LogP contribution in [0.25, 0.3) is 0 Å². The minimum absolute atomic E-state index is 0.582. The third-order valence-corrected chi connectivity index (χ3v) is 2.27. The smallest absolute Gasteiger partial charge is 0.165 e. The van der Waals surface area contributed by atoms with Gasteiger partial charge < -0.3 is 5.32 Å². The summed E-state index contributed by atoms with van der Waals surface area (Å²) in [6.45, 7) is 6.03. The van der Waals surface area contributed by atoms with Crippen LogP contribution in [0.4, 0.5) is 0 Å². The summed E-state index contributed by atoms with van der Waals surface area (Å²) in [5, 5.41) is 15.1. The van der Waals surface area contributed by atoms with E-state index < -0.39 is 0 Å². The Balaban J connectivity index is 1.90. The molecule has 0 saturated heterocycles. The predicted octanol–water partition coefficient (Wildman–Crippen LogP) is 0.581. The van der Waals surface area contributed by atoms with Gasteiger partial charge in [0, 0.05) is 12.6 Å². The lowest BCUT2D eigenvalue weighted by Crippen LogP contribution is -2.20. The average Bonchev–Trinajstić information content (AvgIpc) is 2.85. The Bertz CT molecular complexity index is 289. The van der Waals surface area contributed by atoms with Gasteiger partial charge in [0.15, 0.2) is 5.82 Å². The zero-order valence-corrected chi connectivity index (χ0v) is 8.77. The number of nitrogens with zero attached hydrogens (tertiary/aromatic N) is 4. The predicted molar refractivity (Wildman–Crippen MR) is 52.5 cm³/mol. The Hall–Kier alpha value is -0.970. The van der Waals surface area contributed by atoms with E-state index in [4.69, 9.17) is 0 Å². The molecule has 0 bridgehead atoms. The molecule has 1 aromatic heterocycles. The van der Waals surface area contributed by atoms with Crippen molar-refractivity contribution in [3.63, 3.8) is 0 Å². The van der Waals surface area contributed by atoms with Crippen LogP contribution >= 0.6 is 0 Å². The quantitative estimate of drug-likeness (QED) is 0.746. The van der Waals surface area contributed by atoms with Crippen LogP contribution in [0, 0.1) is 5.92 Å². The molecule has 2 rings (SSSR count). The molecule has 1 aliphatic rings. The van der Waals surface area contributed by atoms with E-state index in [0.29, 0.717) is 12.0 Å². The summed E-state index contributed by atoms with van der Waals surface area (Å²) in [6.07, 6.45) is 2.59. The number of aromatic nitrogens is 4. The molecule has 78 valence electrons. The lowest BCUT2D eigenvalue weighted by molar-refractivity contribution is 0.451. The van der Waals surface area contributed by atoms with E-state index in [1.807, 2.05) is 4.68 Å². The highest BCUT2D eigenvalue weighted by atomic mass is 15.5. The minimum Gasteiger partial charge on any atom is -0.307 e. The summed E-state index contributed by atoms with van der Waals surface area (Å²) >= 11 is 0. The molecule has 0 amide bonds. The number of tetrazole rings is 1. The first-order chi connectivity index (χ1) is 6.75. The second-order valence-corrected chi connectivity index (χ2v) is 4.33. The molecule has 0 spiro atoms. The molecule has 1 N–H and O–H groups in total. The number of hydrogen-bond acceptors (Lipinski definition) is 4. The van der Waals surface area contributed by atoms with Crippen molar-refractivity contribution in [3.05, 3.63) is 5.82 Å². The molecule has 0 atom stereocenters. The number of hydrogen-bond donors (Lipinski definition) is 1. The van der Waals surface area contributed by atoms with Crippen LogP contribution in [0.2, 0.25) is 0 Å². The van der Waals surface area contributed by atoms with Gasteiger partial charge in [-0.05, 0) is 29.2 Å². The summed E-state index contributed by atoms with van der Waals surface area (Å²) in [5.74, 6) is 1.53. The van der Waals surface area contributed by atoms with Gasteiger partial charge in [0.25, 0.3) is 0 Å². The van der Waals surface area contributed by atoms with Crippen molar-refractivity contribution in [2.24, 2.45) is 5.92 Å². The second-order valence-electron chi connectivity index (χ2n) is 4.33. The molecule has 1 saturated carbocycles. The summed E-state index contributed by atoms with van der Waals surface area (Å²) < 4.78 is 1.89. The van der Waals surface area contributed by atoms with E-state index in [1.165, 1.54) is 12.8 Å². The lowest BCUT2D eigenvalue weighted by atomic mass is 10.2. The molecule has 0 aliphatic heterocycles. The third kappa shape index (κ3) is 2.51. The highest BCUT2D eigenvalue weighted by Crippen LogP contribution is 2.18. The highest BCUT2D eigenvalue weighted by molar-refractivity contribution is 4.86. The summed E-state index contributed by atoms with van der Waals surface area (Å²) in [7, 11) is 0. The largest absolute Gasteiger partial charge is 0.307 e. The first-order valence-electron chi connectivity index (χ1n) is 5.24. The van der Waals surface area contributed by atoms with Crippen molar-refractivity contribution in [2.75, 3.05) is 0 Å². The van der Waals surface area contributed by atoms with Crippen molar-refractivity contribution in [3.8, 4) is 0 Å². The molecule has 5 nitrogen and oxygen atoms in total. The van der Waals surface area contributed by atoms with Gasteiger partial charge in [-0.25, -0.2) is 4.68 Å². The van der Waals surface area contributed by atoms with Gasteiger partial charge >= 0.3 is 0 Å². The van der Waals surface area contributed by atoms with Crippen LogP contribution in [-0.2, 0) is 13.1 Å². The first-order valence-corrected chi connectivity index (χ1v) is 5.24. The highest BCUT2D eigenvalue weighted by Gasteiger charge is 2.21. The Morgan fingerprint density at radius 2 is 2.29 bits per heavy atom. The van der Waals surface area contributed by atoms with E-state index in [9.17, 15) is 0 Å². The molecule has 0 unspecified atom stereocenters. The maximum atomic E-state index is 4.01. The average molecular weight is 195 g/mol. The van der Waals surface area contributed by atoms with Crippen molar-refractivity contribution in [1.82, 2.24) is 25.5 Å². The van der Waals surface area contributed by atoms with Crippen molar-refractivity contribution >= 4 is 0 Å². The van der Waals surface area contributed by atoms with Crippen LogP contribution in [0.5, 0.6) is 0 Å².